The second kappa shape index (κ2) is 10.6. The molecule has 1 saturated heterocycles. The SMILES string of the molecule is OC[C@@H](Nc1ncnc2sc(-c3ccc(CN4CCN(CC5CC5)CC4)cc3)cc12)c1ccccc1. The standard InChI is InChI=1S/C29H33N5OS/c35-19-26(23-4-2-1-3-5-23)32-28-25-16-27(36-29(25)31-20-30-28)24-10-8-22(9-11-24)18-34-14-12-33(13-15-34)17-21-6-7-21/h1-5,8-11,16,20-21,26,35H,6-7,12-15,17-19H2,(H,30,31,32)/t26-/m1/s1. The average molecular weight is 500 g/mol. The number of piperazine rings is 1. The van der Waals surface area contributed by atoms with Gasteiger partial charge in [-0.15, -0.1) is 11.3 Å². The van der Waals surface area contributed by atoms with Gasteiger partial charge in [-0.2, -0.15) is 0 Å². The Morgan fingerprint density at radius 1 is 0.944 bits per heavy atom. The molecule has 2 aromatic heterocycles. The highest BCUT2D eigenvalue weighted by Gasteiger charge is 2.26. The summed E-state index contributed by atoms with van der Waals surface area (Å²) in [5.74, 6) is 1.73. The largest absolute Gasteiger partial charge is 0.394 e. The lowest BCUT2D eigenvalue weighted by molar-refractivity contribution is 0.123. The number of hydrogen-bond donors (Lipinski definition) is 2. The quantitative estimate of drug-likeness (QED) is 0.337. The molecule has 0 amide bonds. The van der Waals surface area contributed by atoms with Gasteiger partial charge in [-0.3, -0.25) is 4.90 Å². The van der Waals surface area contributed by atoms with E-state index in [9.17, 15) is 5.11 Å². The van der Waals surface area contributed by atoms with Gasteiger partial charge in [0.05, 0.1) is 18.0 Å². The van der Waals surface area contributed by atoms with E-state index in [4.69, 9.17) is 0 Å². The lowest BCUT2D eigenvalue weighted by Crippen LogP contribution is -2.46. The van der Waals surface area contributed by atoms with Gasteiger partial charge in [-0.1, -0.05) is 54.6 Å². The number of aliphatic hydroxyl groups is 1. The Morgan fingerprint density at radius 2 is 1.69 bits per heavy atom. The molecule has 3 heterocycles. The normalized spacial score (nSPS) is 17.9. The van der Waals surface area contributed by atoms with Crippen LogP contribution < -0.4 is 5.32 Å². The van der Waals surface area contributed by atoms with Crippen molar-refractivity contribution in [3.05, 3.63) is 78.1 Å². The van der Waals surface area contributed by atoms with Gasteiger partial charge in [0.2, 0.25) is 0 Å². The van der Waals surface area contributed by atoms with Crippen LogP contribution >= 0.6 is 11.3 Å². The lowest BCUT2D eigenvalue weighted by atomic mass is 10.1. The number of rotatable bonds is 9. The Kier molecular flexibility index (Phi) is 6.96. The van der Waals surface area contributed by atoms with Crippen LogP contribution in [0.4, 0.5) is 5.82 Å². The minimum atomic E-state index is -0.220. The molecule has 2 aromatic carbocycles. The molecule has 0 radical (unpaired) electrons. The molecule has 0 unspecified atom stereocenters. The Labute approximate surface area is 216 Å². The topological polar surface area (TPSA) is 64.5 Å². The fraction of sp³-hybridized carbons (Fsp3) is 0.379. The highest BCUT2D eigenvalue weighted by molar-refractivity contribution is 7.21. The van der Waals surface area contributed by atoms with Crippen LogP contribution in [0.1, 0.15) is 30.0 Å². The van der Waals surface area contributed by atoms with E-state index in [-0.39, 0.29) is 12.6 Å². The average Bonchev–Trinajstić information content (AvgIpc) is 3.63. The second-order valence-electron chi connectivity index (χ2n) is 10.1. The van der Waals surface area contributed by atoms with Gasteiger partial charge >= 0.3 is 0 Å². The third-order valence-electron chi connectivity index (χ3n) is 7.35. The van der Waals surface area contributed by atoms with Crippen LogP contribution in [0.2, 0.25) is 0 Å². The fourth-order valence-corrected chi connectivity index (χ4v) is 6.03. The van der Waals surface area contributed by atoms with Crippen LogP contribution in [-0.4, -0.2) is 64.2 Å². The molecule has 6 nitrogen and oxygen atoms in total. The van der Waals surface area contributed by atoms with Gasteiger partial charge in [-0.05, 0) is 41.5 Å². The van der Waals surface area contributed by atoms with Gasteiger partial charge < -0.3 is 15.3 Å². The van der Waals surface area contributed by atoms with E-state index in [0.717, 1.165) is 47.2 Å². The van der Waals surface area contributed by atoms with E-state index in [0.29, 0.717) is 0 Å². The van der Waals surface area contributed by atoms with Crippen molar-refractivity contribution in [2.24, 2.45) is 5.92 Å². The van der Waals surface area contributed by atoms with Crippen LogP contribution in [0, 0.1) is 5.92 Å². The zero-order valence-electron chi connectivity index (χ0n) is 20.5. The molecule has 0 spiro atoms. The monoisotopic (exact) mass is 499 g/mol. The fourth-order valence-electron chi connectivity index (χ4n) is 5.03. The molecule has 0 bridgehead atoms. The molecule has 7 heteroatoms. The number of thiophene rings is 1. The summed E-state index contributed by atoms with van der Waals surface area (Å²) < 4.78 is 0. The zero-order valence-corrected chi connectivity index (χ0v) is 21.3. The maximum atomic E-state index is 9.98. The van der Waals surface area contributed by atoms with Gasteiger partial charge in [0.15, 0.2) is 0 Å². The van der Waals surface area contributed by atoms with Gasteiger partial charge in [0.1, 0.15) is 17.0 Å². The Hall–Kier alpha value is -2.84. The molecule has 1 aliphatic carbocycles. The minimum absolute atomic E-state index is 0.0104. The molecule has 36 heavy (non-hydrogen) atoms. The molecule has 1 saturated carbocycles. The van der Waals surface area contributed by atoms with E-state index in [1.165, 1.54) is 48.5 Å². The number of aliphatic hydroxyl groups excluding tert-OH is 1. The Bertz CT molecular complexity index is 1280. The van der Waals surface area contributed by atoms with Crippen LogP contribution in [0.25, 0.3) is 20.7 Å². The van der Waals surface area contributed by atoms with E-state index in [1.54, 1.807) is 17.7 Å². The van der Waals surface area contributed by atoms with Gasteiger partial charge in [0.25, 0.3) is 0 Å². The van der Waals surface area contributed by atoms with E-state index in [2.05, 4.69) is 55.4 Å². The van der Waals surface area contributed by atoms with E-state index >= 15 is 0 Å². The number of anilines is 1. The summed E-state index contributed by atoms with van der Waals surface area (Å²) >= 11 is 1.68. The number of benzene rings is 2. The molecular weight excluding hydrogens is 466 g/mol. The Morgan fingerprint density at radius 3 is 2.42 bits per heavy atom. The molecule has 2 fully saturated rings. The van der Waals surface area contributed by atoms with Crippen molar-refractivity contribution in [2.45, 2.75) is 25.4 Å². The van der Waals surface area contributed by atoms with Crippen LogP contribution in [0.5, 0.6) is 0 Å². The second-order valence-corrected chi connectivity index (χ2v) is 11.1. The number of nitrogens with one attached hydrogen (secondary N) is 1. The molecule has 1 aliphatic heterocycles. The van der Waals surface area contributed by atoms with Crippen LogP contribution in [0.3, 0.4) is 0 Å². The first-order valence-electron chi connectivity index (χ1n) is 13.0. The third-order valence-corrected chi connectivity index (χ3v) is 8.44. The van der Waals surface area contributed by atoms with Crippen LogP contribution in [0.15, 0.2) is 67.0 Å². The van der Waals surface area contributed by atoms with Crippen molar-refractivity contribution in [3.8, 4) is 10.4 Å². The first kappa shape index (κ1) is 23.6. The first-order valence-corrected chi connectivity index (χ1v) is 13.8. The molecular formula is C29H33N5OS. The predicted molar refractivity (Wildman–Crippen MR) is 147 cm³/mol. The van der Waals surface area contributed by atoms with E-state index < -0.39 is 0 Å². The zero-order chi connectivity index (χ0) is 24.3. The number of fused-ring (bicyclic) bond motifs is 1. The van der Waals surface area contributed by atoms with Crippen molar-refractivity contribution >= 4 is 27.4 Å². The van der Waals surface area contributed by atoms with Gasteiger partial charge in [-0.25, -0.2) is 9.97 Å². The summed E-state index contributed by atoms with van der Waals surface area (Å²) in [5.41, 5.74) is 3.59. The predicted octanol–water partition coefficient (Wildman–Crippen LogP) is 5.03. The maximum absolute atomic E-state index is 9.98. The molecule has 2 aliphatic rings. The first-order chi connectivity index (χ1) is 17.7. The number of hydrogen-bond acceptors (Lipinski definition) is 7. The number of nitrogens with zero attached hydrogens (tertiary/aromatic N) is 4. The molecule has 1 atom stereocenters. The summed E-state index contributed by atoms with van der Waals surface area (Å²) in [6.45, 7) is 7.06. The highest BCUT2D eigenvalue weighted by atomic mass is 32.1. The van der Waals surface area contributed by atoms with E-state index in [1.807, 2.05) is 30.3 Å². The number of aromatic nitrogens is 2. The van der Waals surface area contributed by atoms with Crippen molar-refractivity contribution in [1.82, 2.24) is 19.8 Å². The highest BCUT2D eigenvalue weighted by Crippen LogP contribution is 2.36. The Balaban J connectivity index is 1.13. The van der Waals surface area contributed by atoms with Crippen molar-refractivity contribution < 1.29 is 5.11 Å². The van der Waals surface area contributed by atoms with Crippen molar-refractivity contribution in [1.29, 1.82) is 0 Å². The summed E-state index contributed by atoms with van der Waals surface area (Å²) in [6, 6.07) is 20.9. The lowest BCUT2D eigenvalue weighted by Gasteiger charge is -2.34. The third kappa shape index (κ3) is 5.44. The van der Waals surface area contributed by atoms with Crippen LogP contribution in [-0.2, 0) is 6.54 Å². The van der Waals surface area contributed by atoms with Crippen molar-refractivity contribution in [3.63, 3.8) is 0 Å². The summed E-state index contributed by atoms with van der Waals surface area (Å²) in [4.78, 5) is 16.4. The molecule has 186 valence electrons. The summed E-state index contributed by atoms with van der Waals surface area (Å²) in [5, 5.41) is 14.4. The van der Waals surface area contributed by atoms with Crippen molar-refractivity contribution in [2.75, 3.05) is 44.6 Å². The molecule has 6 rings (SSSR count). The minimum Gasteiger partial charge on any atom is -0.394 e. The molecule has 4 aromatic rings. The summed E-state index contributed by atoms with van der Waals surface area (Å²) in [6.07, 6.45) is 4.47. The molecule has 2 N–H and O–H groups in total. The summed E-state index contributed by atoms with van der Waals surface area (Å²) in [7, 11) is 0. The van der Waals surface area contributed by atoms with Gasteiger partial charge in [0, 0.05) is 44.1 Å². The smallest absolute Gasteiger partial charge is 0.138 e. The maximum Gasteiger partial charge on any atom is 0.138 e.